The highest BCUT2D eigenvalue weighted by Crippen LogP contribution is 2.25. The molecule has 1 N–H and O–H groups in total. The largest absolute Gasteiger partial charge is 0.459 e. The average molecular weight is 396 g/mol. The Labute approximate surface area is 171 Å². The van der Waals surface area contributed by atoms with Crippen LogP contribution in [0.1, 0.15) is 29.7 Å². The number of hydrogen-bond acceptors (Lipinski definition) is 5. The standard InChI is InChI=1S/C22H29N5O2/c1-4-23-22(24-14-21-17(3)19-7-5-6-8-20(19)28-21)27-11-9-26(10-12-27)15-18-13-16(2)29-25-18/h5-8,13H,4,9-12,14-15H2,1-3H3,(H,23,24). The SMILES string of the molecule is CCNC(=NCc1oc2ccccc2c1C)N1CCN(Cc2cc(C)on2)CC1. The van der Waals surface area contributed by atoms with E-state index in [9.17, 15) is 0 Å². The molecule has 0 saturated carbocycles. The van der Waals surface area contributed by atoms with Crippen molar-refractivity contribution in [2.45, 2.75) is 33.9 Å². The van der Waals surface area contributed by atoms with Crippen molar-refractivity contribution in [1.82, 2.24) is 20.3 Å². The molecule has 3 aromatic rings. The van der Waals surface area contributed by atoms with Gasteiger partial charge in [0.05, 0.1) is 5.69 Å². The molecule has 154 valence electrons. The second-order valence-electron chi connectivity index (χ2n) is 7.51. The summed E-state index contributed by atoms with van der Waals surface area (Å²) < 4.78 is 11.2. The van der Waals surface area contributed by atoms with E-state index in [4.69, 9.17) is 13.9 Å². The van der Waals surface area contributed by atoms with Gasteiger partial charge in [0.25, 0.3) is 0 Å². The molecule has 1 aliphatic heterocycles. The predicted octanol–water partition coefficient (Wildman–Crippen LogP) is 3.32. The zero-order valence-corrected chi connectivity index (χ0v) is 17.4. The number of fused-ring (bicyclic) bond motifs is 1. The van der Waals surface area contributed by atoms with Crippen LogP contribution in [0.3, 0.4) is 0 Å². The molecule has 2 aromatic heterocycles. The summed E-state index contributed by atoms with van der Waals surface area (Å²) in [5, 5.41) is 8.70. The molecule has 29 heavy (non-hydrogen) atoms. The number of aromatic nitrogens is 1. The number of benzene rings is 1. The number of furan rings is 1. The Morgan fingerprint density at radius 1 is 1.17 bits per heavy atom. The van der Waals surface area contributed by atoms with Crippen LogP contribution in [0, 0.1) is 13.8 Å². The van der Waals surface area contributed by atoms with Crippen LogP contribution >= 0.6 is 0 Å². The molecule has 1 saturated heterocycles. The lowest BCUT2D eigenvalue weighted by Gasteiger charge is -2.36. The Morgan fingerprint density at radius 3 is 2.66 bits per heavy atom. The van der Waals surface area contributed by atoms with Crippen molar-refractivity contribution in [3.63, 3.8) is 0 Å². The molecule has 1 aromatic carbocycles. The molecule has 3 heterocycles. The molecular formula is C22H29N5O2. The van der Waals surface area contributed by atoms with Gasteiger partial charge in [-0.1, -0.05) is 23.4 Å². The van der Waals surface area contributed by atoms with Gasteiger partial charge in [-0.2, -0.15) is 0 Å². The van der Waals surface area contributed by atoms with Gasteiger partial charge >= 0.3 is 0 Å². The number of guanidine groups is 1. The minimum Gasteiger partial charge on any atom is -0.459 e. The normalized spacial score (nSPS) is 16.0. The molecular weight excluding hydrogens is 366 g/mol. The van der Waals surface area contributed by atoms with Crippen molar-refractivity contribution in [2.75, 3.05) is 32.7 Å². The van der Waals surface area contributed by atoms with Crippen LogP contribution in [-0.4, -0.2) is 53.6 Å². The van der Waals surface area contributed by atoms with Crippen LogP contribution < -0.4 is 5.32 Å². The van der Waals surface area contributed by atoms with Gasteiger partial charge in [-0.15, -0.1) is 0 Å². The predicted molar refractivity (Wildman–Crippen MR) is 114 cm³/mol. The average Bonchev–Trinajstić information content (AvgIpc) is 3.29. The summed E-state index contributed by atoms with van der Waals surface area (Å²) in [5.74, 6) is 2.74. The van der Waals surface area contributed by atoms with Gasteiger partial charge in [0.15, 0.2) is 5.96 Å². The Hall–Kier alpha value is -2.80. The summed E-state index contributed by atoms with van der Waals surface area (Å²) in [4.78, 5) is 9.60. The van der Waals surface area contributed by atoms with Crippen LogP contribution in [-0.2, 0) is 13.1 Å². The number of nitrogens with zero attached hydrogens (tertiary/aromatic N) is 4. The fraction of sp³-hybridized carbons (Fsp3) is 0.455. The fourth-order valence-corrected chi connectivity index (χ4v) is 3.79. The molecule has 0 spiro atoms. The molecule has 0 atom stereocenters. The molecule has 7 heteroatoms. The van der Waals surface area contributed by atoms with Crippen molar-refractivity contribution >= 4 is 16.9 Å². The molecule has 0 amide bonds. The molecule has 1 aliphatic rings. The van der Waals surface area contributed by atoms with Crippen molar-refractivity contribution in [3.8, 4) is 0 Å². The van der Waals surface area contributed by atoms with E-state index in [0.717, 1.165) is 68.0 Å². The number of rotatable bonds is 5. The summed E-state index contributed by atoms with van der Waals surface area (Å²) in [6.45, 7) is 12.2. The van der Waals surface area contributed by atoms with Gasteiger partial charge in [-0.3, -0.25) is 4.90 Å². The van der Waals surface area contributed by atoms with Gasteiger partial charge in [0, 0.05) is 56.3 Å². The summed E-state index contributed by atoms with van der Waals surface area (Å²) in [6, 6.07) is 10.2. The highest BCUT2D eigenvalue weighted by Gasteiger charge is 2.21. The van der Waals surface area contributed by atoms with Crippen LogP contribution in [0.15, 0.2) is 44.3 Å². The number of aryl methyl sites for hydroxylation is 2. The summed E-state index contributed by atoms with van der Waals surface area (Å²) >= 11 is 0. The maximum absolute atomic E-state index is 6.02. The highest BCUT2D eigenvalue weighted by molar-refractivity contribution is 5.82. The first-order valence-corrected chi connectivity index (χ1v) is 10.3. The maximum Gasteiger partial charge on any atom is 0.194 e. The minimum atomic E-state index is 0.543. The van der Waals surface area contributed by atoms with Crippen LogP contribution in [0.25, 0.3) is 11.0 Å². The van der Waals surface area contributed by atoms with E-state index in [-0.39, 0.29) is 0 Å². The number of nitrogens with one attached hydrogen (secondary N) is 1. The van der Waals surface area contributed by atoms with Crippen molar-refractivity contribution in [3.05, 3.63) is 53.1 Å². The summed E-state index contributed by atoms with van der Waals surface area (Å²) in [7, 11) is 0. The van der Waals surface area contributed by atoms with Crippen LogP contribution in [0.5, 0.6) is 0 Å². The second-order valence-corrected chi connectivity index (χ2v) is 7.51. The van der Waals surface area contributed by atoms with E-state index in [1.54, 1.807) is 0 Å². The number of piperazine rings is 1. The molecule has 0 aliphatic carbocycles. The lowest BCUT2D eigenvalue weighted by atomic mass is 10.1. The zero-order valence-electron chi connectivity index (χ0n) is 17.4. The zero-order chi connectivity index (χ0) is 20.2. The number of hydrogen-bond donors (Lipinski definition) is 1. The molecule has 0 radical (unpaired) electrons. The fourth-order valence-electron chi connectivity index (χ4n) is 3.79. The van der Waals surface area contributed by atoms with E-state index >= 15 is 0 Å². The smallest absolute Gasteiger partial charge is 0.194 e. The molecule has 0 bridgehead atoms. The minimum absolute atomic E-state index is 0.543. The van der Waals surface area contributed by atoms with Gasteiger partial charge < -0.3 is 19.2 Å². The first-order valence-electron chi connectivity index (χ1n) is 10.3. The van der Waals surface area contributed by atoms with Gasteiger partial charge in [0.1, 0.15) is 23.6 Å². The summed E-state index contributed by atoms with van der Waals surface area (Å²) in [6.07, 6.45) is 0. The van der Waals surface area contributed by atoms with Gasteiger partial charge in [0.2, 0.25) is 0 Å². The summed E-state index contributed by atoms with van der Waals surface area (Å²) in [5.41, 5.74) is 3.10. The van der Waals surface area contributed by atoms with E-state index in [1.165, 1.54) is 10.9 Å². The van der Waals surface area contributed by atoms with Crippen molar-refractivity contribution in [2.24, 2.45) is 4.99 Å². The van der Waals surface area contributed by atoms with Crippen molar-refractivity contribution in [1.29, 1.82) is 0 Å². The Morgan fingerprint density at radius 2 is 1.97 bits per heavy atom. The van der Waals surface area contributed by atoms with Crippen LogP contribution in [0.4, 0.5) is 0 Å². The molecule has 0 unspecified atom stereocenters. The number of aliphatic imine (C=N–C) groups is 1. The Bertz CT molecular complexity index is 982. The monoisotopic (exact) mass is 395 g/mol. The Kier molecular flexibility index (Phi) is 5.85. The second kappa shape index (κ2) is 8.69. The lowest BCUT2D eigenvalue weighted by Crippen LogP contribution is -2.52. The highest BCUT2D eigenvalue weighted by atomic mass is 16.5. The lowest BCUT2D eigenvalue weighted by molar-refractivity contribution is 0.169. The Balaban J connectivity index is 1.40. The maximum atomic E-state index is 6.02. The van der Waals surface area contributed by atoms with E-state index in [2.05, 4.69) is 40.2 Å². The van der Waals surface area contributed by atoms with E-state index in [1.807, 2.05) is 31.2 Å². The molecule has 1 fully saturated rings. The van der Waals surface area contributed by atoms with E-state index < -0.39 is 0 Å². The van der Waals surface area contributed by atoms with E-state index in [0.29, 0.717) is 6.54 Å². The van der Waals surface area contributed by atoms with Crippen molar-refractivity contribution < 1.29 is 8.94 Å². The van der Waals surface area contributed by atoms with Crippen LogP contribution in [0.2, 0.25) is 0 Å². The quantitative estimate of drug-likeness (QED) is 0.528. The topological polar surface area (TPSA) is 70.0 Å². The first kappa shape index (κ1) is 19.5. The molecule has 7 nitrogen and oxygen atoms in total. The third-order valence-electron chi connectivity index (χ3n) is 5.38. The first-order chi connectivity index (χ1) is 14.1. The number of para-hydroxylation sites is 1. The molecule has 4 rings (SSSR count). The third-order valence-corrected chi connectivity index (χ3v) is 5.38. The van der Waals surface area contributed by atoms with Gasteiger partial charge in [-0.25, -0.2) is 4.99 Å². The van der Waals surface area contributed by atoms with Gasteiger partial charge in [-0.05, 0) is 26.8 Å². The third kappa shape index (κ3) is 4.45.